The van der Waals surface area contributed by atoms with Crippen LogP contribution in [0.25, 0.3) is 0 Å². The molecule has 0 atom stereocenters. The second-order valence-corrected chi connectivity index (χ2v) is 6.72. The van der Waals surface area contributed by atoms with Gasteiger partial charge in [0.2, 0.25) is 0 Å². The molecule has 4 heteroatoms. The van der Waals surface area contributed by atoms with Crippen LogP contribution < -0.4 is 10.1 Å². The van der Waals surface area contributed by atoms with Crippen LogP contribution in [0.2, 0.25) is 0 Å². The van der Waals surface area contributed by atoms with Crippen LogP contribution in [-0.2, 0) is 6.42 Å². The van der Waals surface area contributed by atoms with Crippen molar-refractivity contribution >= 4 is 23.4 Å². The maximum Gasteiger partial charge on any atom is 0.259 e. The zero-order valence-electron chi connectivity index (χ0n) is 14.9. The zero-order chi connectivity index (χ0) is 18.4. The first-order chi connectivity index (χ1) is 12.7. The van der Waals surface area contributed by atoms with Gasteiger partial charge >= 0.3 is 0 Å². The Kier molecular flexibility index (Phi) is 5.97. The molecule has 0 aliphatic heterocycles. The van der Waals surface area contributed by atoms with E-state index in [0.29, 0.717) is 11.3 Å². The first-order valence-electron chi connectivity index (χ1n) is 8.36. The number of anilines is 1. The highest BCUT2D eigenvalue weighted by atomic mass is 32.2. The summed E-state index contributed by atoms with van der Waals surface area (Å²) in [4.78, 5) is 13.9. The lowest BCUT2D eigenvalue weighted by Crippen LogP contribution is -2.14. The molecule has 0 radical (unpaired) electrons. The average Bonchev–Trinajstić information content (AvgIpc) is 2.69. The van der Waals surface area contributed by atoms with Crippen molar-refractivity contribution in [2.24, 2.45) is 0 Å². The summed E-state index contributed by atoms with van der Waals surface area (Å²) in [5.41, 5.74) is 3.63. The van der Waals surface area contributed by atoms with Crippen molar-refractivity contribution < 1.29 is 9.53 Å². The Morgan fingerprint density at radius 3 is 2.46 bits per heavy atom. The Morgan fingerprint density at radius 1 is 1.00 bits per heavy atom. The molecule has 3 aromatic carbocycles. The molecule has 0 aromatic heterocycles. The Morgan fingerprint density at radius 2 is 1.73 bits per heavy atom. The van der Waals surface area contributed by atoms with E-state index >= 15 is 0 Å². The number of thioether (sulfide) groups is 1. The molecule has 0 aliphatic carbocycles. The molecular formula is C22H21NO2S. The van der Waals surface area contributed by atoms with Gasteiger partial charge in [-0.2, -0.15) is 0 Å². The minimum atomic E-state index is -0.171. The van der Waals surface area contributed by atoms with E-state index in [1.807, 2.05) is 60.9 Å². The fourth-order valence-electron chi connectivity index (χ4n) is 2.79. The summed E-state index contributed by atoms with van der Waals surface area (Å²) in [6, 6.07) is 23.7. The molecule has 0 spiro atoms. The minimum absolute atomic E-state index is 0.171. The molecule has 0 heterocycles. The Labute approximate surface area is 158 Å². The van der Waals surface area contributed by atoms with E-state index in [1.54, 1.807) is 24.9 Å². The average molecular weight is 363 g/mol. The maximum atomic E-state index is 12.8. The van der Waals surface area contributed by atoms with E-state index in [4.69, 9.17) is 4.74 Å². The zero-order valence-corrected chi connectivity index (χ0v) is 15.7. The molecule has 0 saturated heterocycles. The van der Waals surface area contributed by atoms with Gasteiger partial charge in [0.15, 0.2) is 0 Å². The number of carbonyl (C=O) groups is 1. The highest BCUT2D eigenvalue weighted by Gasteiger charge is 2.14. The monoisotopic (exact) mass is 363 g/mol. The standard InChI is InChI=1S/C22H21NO2S/c1-25-21-15-18(26-2)12-13-19(21)22(24)23-20-11-7-6-10-17(20)14-16-8-4-3-5-9-16/h3-13,15H,14H2,1-2H3,(H,23,24). The first kappa shape index (κ1) is 18.1. The summed E-state index contributed by atoms with van der Waals surface area (Å²) < 4.78 is 5.40. The molecule has 0 unspecified atom stereocenters. The molecule has 3 nitrogen and oxygen atoms in total. The number of methoxy groups -OCH3 is 1. The third-order valence-corrected chi connectivity index (χ3v) is 4.88. The topological polar surface area (TPSA) is 38.3 Å². The third-order valence-electron chi connectivity index (χ3n) is 4.16. The van der Waals surface area contributed by atoms with E-state index in [1.165, 1.54) is 5.56 Å². The number of nitrogens with one attached hydrogen (secondary N) is 1. The Hall–Kier alpha value is -2.72. The normalized spacial score (nSPS) is 10.4. The lowest BCUT2D eigenvalue weighted by atomic mass is 10.0. The van der Waals surface area contributed by atoms with E-state index in [-0.39, 0.29) is 5.91 Å². The van der Waals surface area contributed by atoms with E-state index in [2.05, 4.69) is 17.4 Å². The number of benzene rings is 3. The van der Waals surface area contributed by atoms with Gasteiger partial charge in [0.05, 0.1) is 12.7 Å². The summed E-state index contributed by atoms with van der Waals surface area (Å²) in [5.74, 6) is 0.407. The van der Waals surface area contributed by atoms with Gasteiger partial charge in [-0.05, 0) is 48.1 Å². The summed E-state index contributed by atoms with van der Waals surface area (Å²) in [6.07, 6.45) is 2.76. The molecule has 3 aromatic rings. The van der Waals surface area contributed by atoms with Crippen molar-refractivity contribution in [1.29, 1.82) is 0 Å². The van der Waals surface area contributed by atoms with Crippen molar-refractivity contribution in [2.75, 3.05) is 18.7 Å². The van der Waals surface area contributed by atoms with Gasteiger partial charge in [0, 0.05) is 10.6 Å². The second kappa shape index (κ2) is 8.59. The Balaban J connectivity index is 1.84. The molecule has 0 fully saturated rings. The minimum Gasteiger partial charge on any atom is -0.496 e. The number of amides is 1. The van der Waals surface area contributed by atoms with Gasteiger partial charge in [-0.3, -0.25) is 4.79 Å². The van der Waals surface area contributed by atoms with Gasteiger partial charge in [-0.25, -0.2) is 0 Å². The molecular weight excluding hydrogens is 342 g/mol. The van der Waals surface area contributed by atoms with E-state index in [9.17, 15) is 4.79 Å². The Bertz CT molecular complexity index is 894. The number of hydrogen-bond donors (Lipinski definition) is 1. The van der Waals surface area contributed by atoms with Crippen LogP contribution >= 0.6 is 11.8 Å². The van der Waals surface area contributed by atoms with Gasteiger partial charge in [0.1, 0.15) is 5.75 Å². The molecule has 0 aliphatic rings. The predicted molar refractivity (Wildman–Crippen MR) is 108 cm³/mol. The number of carbonyl (C=O) groups excluding carboxylic acids is 1. The summed E-state index contributed by atoms with van der Waals surface area (Å²) in [6.45, 7) is 0. The summed E-state index contributed by atoms with van der Waals surface area (Å²) in [7, 11) is 1.58. The lowest BCUT2D eigenvalue weighted by Gasteiger charge is -2.13. The second-order valence-electron chi connectivity index (χ2n) is 5.84. The molecule has 0 saturated carbocycles. The SMILES string of the molecule is COc1cc(SC)ccc1C(=O)Nc1ccccc1Cc1ccccc1. The van der Waals surface area contributed by atoms with Gasteiger partial charge in [-0.15, -0.1) is 11.8 Å². The number of para-hydroxylation sites is 1. The van der Waals surface area contributed by atoms with Crippen LogP contribution in [0.15, 0.2) is 77.7 Å². The molecule has 1 N–H and O–H groups in total. The fourth-order valence-corrected chi connectivity index (χ4v) is 3.22. The number of hydrogen-bond acceptors (Lipinski definition) is 3. The van der Waals surface area contributed by atoms with Crippen LogP contribution in [0.5, 0.6) is 5.75 Å². The van der Waals surface area contributed by atoms with Crippen LogP contribution in [0.1, 0.15) is 21.5 Å². The molecule has 132 valence electrons. The van der Waals surface area contributed by atoms with Crippen LogP contribution in [0, 0.1) is 0 Å². The number of rotatable bonds is 6. The van der Waals surface area contributed by atoms with Crippen LogP contribution in [0.3, 0.4) is 0 Å². The quantitative estimate of drug-likeness (QED) is 0.607. The summed E-state index contributed by atoms with van der Waals surface area (Å²) >= 11 is 1.61. The van der Waals surface area contributed by atoms with Crippen molar-refractivity contribution in [3.8, 4) is 5.75 Å². The van der Waals surface area contributed by atoms with E-state index in [0.717, 1.165) is 22.6 Å². The predicted octanol–water partition coefficient (Wildman–Crippen LogP) is 5.26. The molecule has 26 heavy (non-hydrogen) atoms. The molecule has 1 amide bonds. The highest BCUT2D eigenvalue weighted by Crippen LogP contribution is 2.27. The van der Waals surface area contributed by atoms with Gasteiger partial charge < -0.3 is 10.1 Å². The van der Waals surface area contributed by atoms with Gasteiger partial charge in [-0.1, -0.05) is 48.5 Å². The van der Waals surface area contributed by atoms with Crippen molar-refractivity contribution in [3.05, 3.63) is 89.5 Å². The third kappa shape index (κ3) is 4.27. The first-order valence-corrected chi connectivity index (χ1v) is 9.59. The van der Waals surface area contributed by atoms with Crippen molar-refractivity contribution in [1.82, 2.24) is 0 Å². The maximum absolute atomic E-state index is 12.8. The highest BCUT2D eigenvalue weighted by molar-refractivity contribution is 7.98. The summed E-state index contributed by atoms with van der Waals surface area (Å²) in [5, 5.41) is 3.03. The van der Waals surface area contributed by atoms with Crippen molar-refractivity contribution in [3.63, 3.8) is 0 Å². The van der Waals surface area contributed by atoms with Gasteiger partial charge in [0.25, 0.3) is 5.91 Å². The number of ether oxygens (including phenoxy) is 1. The molecule has 0 bridgehead atoms. The van der Waals surface area contributed by atoms with Crippen LogP contribution in [0.4, 0.5) is 5.69 Å². The van der Waals surface area contributed by atoms with Crippen molar-refractivity contribution in [2.45, 2.75) is 11.3 Å². The molecule has 3 rings (SSSR count). The fraction of sp³-hybridized carbons (Fsp3) is 0.136. The lowest BCUT2D eigenvalue weighted by molar-refractivity contribution is 0.102. The van der Waals surface area contributed by atoms with E-state index < -0.39 is 0 Å². The van der Waals surface area contributed by atoms with Crippen LogP contribution in [-0.4, -0.2) is 19.3 Å². The largest absolute Gasteiger partial charge is 0.496 e. The smallest absolute Gasteiger partial charge is 0.259 e.